The molecule has 0 aliphatic carbocycles. The minimum atomic E-state index is -3.05. The number of carbonyl (C=O) groups is 1. The van der Waals surface area contributed by atoms with Crippen LogP contribution in [0.2, 0.25) is 10.0 Å². The van der Waals surface area contributed by atoms with Crippen molar-refractivity contribution in [1.82, 2.24) is 4.90 Å². The van der Waals surface area contributed by atoms with Crippen molar-refractivity contribution < 1.29 is 13.2 Å². The SMILES string of the molecule is CCCCN(C(=O)c1cc(Cl)ccc1Cl)[C@H]1CCS(=O)(=O)C1. The summed E-state index contributed by atoms with van der Waals surface area (Å²) in [4.78, 5) is 14.5. The quantitative estimate of drug-likeness (QED) is 0.805. The smallest absolute Gasteiger partial charge is 0.255 e. The first-order valence-electron chi connectivity index (χ1n) is 7.30. The molecule has 1 amide bonds. The summed E-state index contributed by atoms with van der Waals surface area (Å²) in [6, 6.07) is 4.46. The van der Waals surface area contributed by atoms with Gasteiger partial charge in [-0.3, -0.25) is 4.79 Å². The van der Waals surface area contributed by atoms with Gasteiger partial charge in [-0.15, -0.1) is 0 Å². The van der Waals surface area contributed by atoms with E-state index >= 15 is 0 Å². The molecular weight excluding hydrogens is 345 g/mol. The highest BCUT2D eigenvalue weighted by Crippen LogP contribution is 2.26. The number of benzene rings is 1. The van der Waals surface area contributed by atoms with Crippen LogP contribution in [-0.4, -0.2) is 43.3 Å². The summed E-state index contributed by atoms with van der Waals surface area (Å²) in [5, 5.41) is 0.763. The second kappa shape index (κ2) is 7.20. The average Bonchev–Trinajstić information content (AvgIpc) is 2.82. The number of hydrogen-bond acceptors (Lipinski definition) is 3. The predicted octanol–water partition coefficient (Wildman–Crippen LogP) is 3.42. The third kappa shape index (κ3) is 4.15. The van der Waals surface area contributed by atoms with E-state index in [4.69, 9.17) is 23.2 Å². The fourth-order valence-electron chi connectivity index (χ4n) is 2.62. The number of amides is 1. The maximum absolute atomic E-state index is 12.8. The zero-order valence-electron chi connectivity index (χ0n) is 12.4. The predicted molar refractivity (Wildman–Crippen MR) is 89.5 cm³/mol. The molecule has 0 radical (unpaired) electrons. The van der Waals surface area contributed by atoms with Gasteiger partial charge in [-0.05, 0) is 31.0 Å². The van der Waals surface area contributed by atoms with E-state index in [1.807, 2.05) is 6.92 Å². The van der Waals surface area contributed by atoms with Crippen LogP contribution in [0.4, 0.5) is 0 Å². The average molecular weight is 364 g/mol. The van der Waals surface area contributed by atoms with Crippen LogP contribution in [-0.2, 0) is 9.84 Å². The molecule has 4 nitrogen and oxygen atoms in total. The van der Waals surface area contributed by atoms with Crippen molar-refractivity contribution in [2.75, 3.05) is 18.1 Å². The molecule has 0 aromatic heterocycles. The molecule has 1 aliphatic heterocycles. The molecule has 2 rings (SSSR count). The van der Waals surface area contributed by atoms with Crippen molar-refractivity contribution >= 4 is 38.9 Å². The lowest BCUT2D eigenvalue weighted by Gasteiger charge is -2.28. The summed E-state index contributed by atoms with van der Waals surface area (Å²) < 4.78 is 23.4. The second-order valence-electron chi connectivity index (χ2n) is 5.53. The number of nitrogens with zero attached hydrogens (tertiary/aromatic N) is 1. The van der Waals surface area contributed by atoms with Gasteiger partial charge in [-0.25, -0.2) is 8.42 Å². The Bertz CT molecular complexity index is 661. The number of halogens is 2. The van der Waals surface area contributed by atoms with Crippen molar-refractivity contribution in [1.29, 1.82) is 0 Å². The maximum Gasteiger partial charge on any atom is 0.255 e. The number of unbranched alkanes of at least 4 members (excludes halogenated alkanes) is 1. The minimum Gasteiger partial charge on any atom is -0.335 e. The van der Waals surface area contributed by atoms with Crippen molar-refractivity contribution in [2.45, 2.75) is 32.2 Å². The van der Waals surface area contributed by atoms with E-state index in [9.17, 15) is 13.2 Å². The minimum absolute atomic E-state index is 0.0284. The molecule has 122 valence electrons. The first-order chi connectivity index (χ1) is 10.3. The molecular formula is C15H19Cl2NO3S. The molecule has 1 atom stereocenters. The van der Waals surface area contributed by atoms with Gasteiger partial charge in [0.2, 0.25) is 0 Å². The zero-order chi connectivity index (χ0) is 16.3. The molecule has 1 aromatic rings. The summed E-state index contributed by atoms with van der Waals surface area (Å²) in [5.74, 6) is -0.0830. The highest BCUT2D eigenvalue weighted by Gasteiger charge is 2.35. The molecule has 1 heterocycles. The van der Waals surface area contributed by atoms with Crippen LogP contribution in [0.1, 0.15) is 36.5 Å². The Morgan fingerprint density at radius 2 is 2.09 bits per heavy atom. The lowest BCUT2D eigenvalue weighted by atomic mass is 10.1. The monoisotopic (exact) mass is 363 g/mol. The third-order valence-electron chi connectivity index (χ3n) is 3.82. The van der Waals surface area contributed by atoms with Gasteiger partial charge in [0.25, 0.3) is 5.91 Å². The van der Waals surface area contributed by atoms with Crippen LogP contribution in [0.5, 0.6) is 0 Å². The zero-order valence-corrected chi connectivity index (χ0v) is 14.7. The standard InChI is InChI=1S/C15H19Cl2NO3S/c1-2-3-7-18(12-6-8-22(20,21)10-12)15(19)13-9-11(16)4-5-14(13)17/h4-5,9,12H,2-3,6-8,10H2,1H3/t12-/m0/s1. The van der Waals surface area contributed by atoms with Gasteiger partial charge < -0.3 is 4.90 Å². The topological polar surface area (TPSA) is 54.5 Å². The Morgan fingerprint density at radius 3 is 2.68 bits per heavy atom. The number of rotatable bonds is 5. The fourth-order valence-corrected chi connectivity index (χ4v) is 4.72. The summed E-state index contributed by atoms with van der Waals surface area (Å²) in [5.41, 5.74) is 0.328. The van der Waals surface area contributed by atoms with Crippen molar-refractivity contribution in [3.8, 4) is 0 Å². The van der Waals surface area contributed by atoms with Gasteiger partial charge in [-0.2, -0.15) is 0 Å². The molecule has 1 saturated heterocycles. The van der Waals surface area contributed by atoms with Crippen LogP contribution in [0.15, 0.2) is 18.2 Å². The van der Waals surface area contributed by atoms with Crippen molar-refractivity contribution in [2.24, 2.45) is 0 Å². The highest BCUT2D eigenvalue weighted by molar-refractivity contribution is 7.91. The Balaban J connectivity index is 2.28. The van der Waals surface area contributed by atoms with Crippen LogP contribution in [0.25, 0.3) is 0 Å². The fraction of sp³-hybridized carbons (Fsp3) is 0.533. The molecule has 0 saturated carbocycles. The van der Waals surface area contributed by atoms with Gasteiger partial charge in [-0.1, -0.05) is 36.5 Å². The van der Waals surface area contributed by atoms with Crippen LogP contribution >= 0.6 is 23.2 Å². The number of carbonyl (C=O) groups excluding carboxylic acids is 1. The Morgan fingerprint density at radius 1 is 1.36 bits per heavy atom. The maximum atomic E-state index is 12.8. The first-order valence-corrected chi connectivity index (χ1v) is 9.88. The Kier molecular flexibility index (Phi) is 5.75. The van der Waals surface area contributed by atoms with Crippen molar-refractivity contribution in [3.05, 3.63) is 33.8 Å². The van der Waals surface area contributed by atoms with E-state index in [0.29, 0.717) is 28.6 Å². The van der Waals surface area contributed by atoms with Gasteiger partial charge in [0.15, 0.2) is 9.84 Å². The highest BCUT2D eigenvalue weighted by atomic mass is 35.5. The molecule has 0 N–H and O–H groups in total. The first kappa shape index (κ1) is 17.6. The second-order valence-corrected chi connectivity index (χ2v) is 8.61. The third-order valence-corrected chi connectivity index (χ3v) is 6.14. The van der Waals surface area contributed by atoms with E-state index in [1.54, 1.807) is 17.0 Å². The molecule has 0 bridgehead atoms. The Labute approximate surface area is 141 Å². The lowest BCUT2D eigenvalue weighted by Crippen LogP contribution is -2.41. The van der Waals surface area contributed by atoms with Gasteiger partial charge in [0.1, 0.15) is 0 Å². The molecule has 1 fully saturated rings. The van der Waals surface area contributed by atoms with Gasteiger partial charge in [0, 0.05) is 17.6 Å². The molecule has 22 heavy (non-hydrogen) atoms. The molecule has 0 spiro atoms. The van der Waals surface area contributed by atoms with E-state index in [1.165, 1.54) is 6.07 Å². The number of hydrogen-bond donors (Lipinski definition) is 0. The van der Waals surface area contributed by atoms with Gasteiger partial charge >= 0.3 is 0 Å². The molecule has 0 unspecified atom stereocenters. The molecule has 1 aromatic carbocycles. The normalized spacial score (nSPS) is 20.0. The largest absolute Gasteiger partial charge is 0.335 e. The summed E-state index contributed by atoms with van der Waals surface area (Å²) in [6.07, 6.45) is 2.23. The summed E-state index contributed by atoms with van der Waals surface area (Å²) >= 11 is 12.1. The van der Waals surface area contributed by atoms with Crippen LogP contribution in [0.3, 0.4) is 0 Å². The van der Waals surface area contributed by atoms with E-state index in [2.05, 4.69) is 0 Å². The van der Waals surface area contributed by atoms with E-state index < -0.39 is 9.84 Å². The van der Waals surface area contributed by atoms with E-state index in [0.717, 1.165) is 12.8 Å². The Hall–Kier alpha value is -0.780. The van der Waals surface area contributed by atoms with Crippen LogP contribution < -0.4 is 0 Å². The van der Waals surface area contributed by atoms with Crippen molar-refractivity contribution in [3.63, 3.8) is 0 Å². The number of sulfone groups is 1. The van der Waals surface area contributed by atoms with Gasteiger partial charge in [0.05, 0.1) is 22.1 Å². The summed E-state index contributed by atoms with van der Waals surface area (Å²) in [6.45, 7) is 2.55. The molecule has 1 aliphatic rings. The van der Waals surface area contributed by atoms with Crippen LogP contribution in [0, 0.1) is 0 Å². The molecule has 7 heteroatoms. The lowest BCUT2D eigenvalue weighted by molar-refractivity contribution is 0.0694. The van der Waals surface area contributed by atoms with E-state index in [-0.39, 0.29) is 23.5 Å². The summed E-state index contributed by atoms with van der Waals surface area (Å²) in [7, 11) is -3.05.